The van der Waals surface area contributed by atoms with Crippen LogP contribution in [0, 0.1) is 0 Å². The van der Waals surface area contributed by atoms with Gasteiger partial charge in [-0.25, -0.2) is 9.78 Å². The Labute approximate surface area is 225 Å². The number of phenols is 1. The summed E-state index contributed by atoms with van der Waals surface area (Å²) in [6.45, 7) is 0.200. The number of rotatable bonds is 10. The molecular formula is C30H28N4O5. The largest absolute Gasteiger partial charge is 0.508 e. The standard InChI is InChI=1S/C30H28N4O5/c35-24-14-11-20(12-15-24)18-32-28(36)25(17-21-13-16-26(31-19-21)34-30(38)39)33-29(37)27(22-7-3-1-4-8-22)23-9-5-2-6-10-23/h1-16,19,25,27,35H,17-18H2,(H,31,34)(H,32,36)(H,33,37)(H,38,39). The number of amides is 3. The van der Waals surface area contributed by atoms with Crippen LogP contribution in [-0.4, -0.2) is 39.1 Å². The molecule has 0 spiro atoms. The third kappa shape index (κ3) is 7.65. The van der Waals surface area contributed by atoms with E-state index in [1.54, 1.807) is 18.2 Å². The van der Waals surface area contributed by atoms with Gasteiger partial charge in [-0.15, -0.1) is 0 Å². The molecule has 0 fully saturated rings. The Kier molecular flexibility index (Phi) is 8.87. The first-order valence-electron chi connectivity index (χ1n) is 12.3. The molecule has 39 heavy (non-hydrogen) atoms. The summed E-state index contributed by atoms with van der Waals surface area (Å²) >= 11 is 0. The number of phenolic OH excluding ortho intramolecular Hbond substituents is 1. The molecule has 0 radical (unpaired) electrons. The highest BCUT2D eigenvalue weighted by Crippen LogP contribution is 2.25. The van der Waals surface area contributed by atoms with Crippen molar-refractivity contribution in [1.29, 1.82) is 0 Å². The number of hydrogen-bond acceptors (Lipinski definition) is 5. The van der Waals surface area contributed by atoms with Gasteiger partial charge in [0, 0.05) is 19.2 Å². The molecule has 198 valence electrons. The van der Waals surface area contributed by atoms with Gasteiger partial charge in [-0.3, -0.25) is 14.9 Å². The number of aromatic nitrogens is 1. The Morgan fingerprint density at radius 2 is 1.33 bits per heavy atom. The van der Waals surface area contributed by atoms with E-state index in [0.717, 1.165) is 16.7 Å². The number of carboxylic acid groups (broad SMARTS) is 1. The number of nitrogens with one attached hydrogen (secondary N) is 3. The van der Waals surface area contributed by atoms with Crippen molar-refractivity contribution in [3.8, 4) is 5.75 Å². The van der Waals surface area contributed by atoms with Crippen molar-refractivity contribution in [2.45, 2.75) is 24.9 Å². The molecule has 1 heterocycles. The molecule has 4 rings (SSSR count). The minimum absolute atomic E-state index is 0.122. The van der Waals surface area contributed by atoms with Crippen LogP contribution in [0.5, 0.6) is 5.75 Å². The normalized spacial score (nSPS) is 11.4. The molecule has 3 aromatic carbocycles. The number of carbonyl (C=O) groups is 3. The van der Waals surface area contributed by atoms with Crippen LogP contribution in [0.3, 0.4) is 0 Å². The first-order valence-corrected chi connectivity index (χ1v) is 12.3. The number of benzene rings is 3. The molecule has 0 saturated heterocycles. The van der Waals surface area contributed by atoms with Crippen LogP contribution in [0.15, 0.2) is 103 Å². The van der Waals surface area contributed by atoms with Gasteiger partial charge in [-0.05, 0) is 40.5 Å². The number of carbonyl (C=O) groups excluding carboxylic acids is 2. The molecule has 1 atom stereocenters. The maximum atomic E-state index is 13.7. The number of nitrogens with zero attached hydrogens (tertiary/aromatic N) is 1. The molecule has 9 heteroatoms. The number of aromatic hydroxyl groups is 1. The number of anilines is 1. The predicted molar refractivity (Wildman–Crippen MR) is 146 cm³/mol. The van der Waals surface area contributed by atoms with Crippen molar-refractivity contribution in [3.63, 3.8) is 0 Å². The Morgan fingerprint density at radius 1 is 0.744 bits per heavy atom. The van der Waals surface area contributed by atoms with Gasteiger partial charge in [0.05, 0.1) is 5.92 Å². The monoisotopic (exact) mass is 524 g/mol. The van der Waals surface area contributed by atoms with Crippen molar-refractivity contribution >= 4 is 23.7 Å². The van der Waals surface area contributed by atoms with E-state index in [0.29, 0.717) is 5.56 Å². The molecule has 9 nitrogen and oxygen atoms in total. The van der Waals surface area contributed by atoms with Crippen molar-refractivity contribution in [2.75, 3.05) is 5.32 Å². The average molecular weight is 525 g/mol. The lowest BCUT2D eigenvalue weighted by Crippen LogP contribution is -2.49. The highest BCUT2D eigenvalue weighted by atomic mass is 16.4. The molecule has 3 amide bonds. The zero-order valence-electron chi connectivity index (χ0n) is 21.0. The van der Waals surface area contributed by atoms with Crippen LogP contribution in [0.1, 0.15) is 28.2 Å². The molecule has 0 bridgehead atoms. The summed E-state index contributed by atoms with van der Waals surface area (Å²) in [6, 6.07) is 27.3. The second-order valence-corrected chi connectivity index (χ2v) is 8.89. The van der Waals surface area contributed by atoms with E-state index in [9.17, 15) is 19.5 Å². The summed E-state index contributed by atoms with van der Waals surface area (Å²) in [5, 5.41) is 26.4. The first kappa shape index (κ1) is 26.9. The molecule has 0 saturated carbocycles. The summed E-state index contributed by atoms with van der Waals surface area (Å²) in [5.41, 5.74) is 2.99. The maximum Gasteiger partial charge on any atom is 0.410 e. The zero-order valence-corrected chi connectivity index (χ0v) is 21.0. The van der Waals surface area contributed by atoms with Gasteiger partial charge < -0.3 is 20.8 Å². The molecule has 1 unspecified atom stereocenters. The van der Waals surface area contributed by atoms with Crippen LogP contribution in [-0.2, 0) is 22.6 Å². The summed E-state index contributed by atoms with van der Waals surface area (Å²) in [6.07, 6.45) is 0.356. The van der Waals surface area contributed by atoms with Crippen molar-refractivity contribution in [3.05, 3.63) is 126 Å². The third-order valence-electron chi connectivity index (χ3n) is 6.06. The van der Waals surface area contributed by atoms with Gasteiger partial charge in [0.25, 0.3) is 0 Å². The fraction of sp³-hybridized carbons (Fsp3) is 0.133. The van der Waals surface area contributed by atoms with Crippen molar-refractivity contribution < 1.29 is 24.6 Å². The van der Waals surface area contributed by atoms with E-state index in [4.69, 9.17) is 5.11 Å². The van der Waals surface area contributed by atoms with Crippen LogP contribution < -0.4 is 16.0 Å². The summed E-state index contributed by atoms with van der Waals surface area (Å²) in [5.74, 6) is -1.10. The van der Waals surface area contributed by atoms with E-state index in [2.05, 4.69) is 20.9 Å². The minimum Gasteiger partial charge on any atom is -0.508 e. The van der Waals surface area contributed by atoms with Crippen LogP contribution in [0.2, 0.25) is 0 Å². The summed E-state index contributed by atoms with van der Waals surface area (Å²) in [7, 11) is 0. The van der Waals surface area contributed by atoms with E-state index in [-0.39, 0.29) is 30.4 Å². The molecule has 0 aliphatic rings. The fourth-order valence-electron chi connectivity index (χ4n) is 4.14. The highest BCUT2D eigenvalue weighted by molar-refractivity contribution is 5.92. The number of hydrogen-bond donors (Lipinski definition) is 5. The third-order valence-corrected chi connectivity index (χ3v) is 6.06. The van der Waals surface area contributed by atoms with Gasteiger partial charge in [0.15, 0.2) is 0 Å². The topological polar surface area (TPSA) is 141 Å². The molecule has 1 aromatic heterocycles. The van der Waals surface area contributed by atoms with Gasteiger partial charge in [0.1, 0.15) is 17.6 Å². The van der Waals surface area contributed by atoms with Crippen LogP contribution in [0.25, 0.3) is 0 Å². The average Bonchev–Trinajstić information content (AvgIpc) is 2.94. The molecule has 5 N–H and O–H groups in total. The fourth-order valence-corrected chi connectivity index (χ4v) is 4.14. The molecule has 4 aromatic rings. The van der Waals surface area contributed by atoms with E-state index < -0.39 is 24.0 Å². The molecule has 0 aliphatic carbocycles. The van der Waals surface area contributed by atoms with E-state index in [1.807, 2.05) is 60.7 Å². The van der Waals surface area contributed by atoms with Gasteiger partial charge >= 0.3 is 6.09 Å². The second-order valence-electron chi connectivity index (χ2n) is 8.89. The second kappa shape index (κ2) is 12.9. The SMILES string of the molecule is O=C(O)Nc1ccc(CC(NC(=O)C(c2ccccc2)c2ccccc2)C(=O)NCc2ccc(O)cc2)cn1. The first-order chi connectivity index (χ1) is 18.9. The highest BCUT2D eigenvalue weighted by Gasteiger charge is 2.28. The van der Waals surface area contributed by atoms with E-state index in [1.165, 1.54) is 24.4 Å². The summed E-state index contributed by atoms with van der Waals surface area (Å²) < 4.78 is 0. The van der Waals surface area contributed by atoms with Crippen molar-refractivity contribution in [1.82, 2.24) is 15.6 Å². The lowest BCUT2D eigenvalue weighted by Gasteiger charge is -2.23. The Balaban J connectivity index is 1.57. The minimum atomic E-state index is -1.23. The van der Waals surface area contributed by atoms with Crippen LogP contribution >= 0.6 is 0 Å². The lowest BCUT2D eigenvalue weighted by molar-refractivity contribution is -0.129. The molecule has 0 aliphatic heterocycles. The smallest absolute Gasteiger partial charge is 0.410 e. The number of pyridine rings is 1. The Hall–Kier alpha value is -5.18. The van der Waals surface area contributed by atoms with Gasteiger partial charge in [-0.1, -0.05) is 78.9 Å². The van der Waals surface area contributed by atoms with E-state index >= 15 is 0 Å². The van der Waals surface area contributed by atoms with Gasteiger partial charge in [0.2, 0.25) is 11.8 Å². The Bertz CT molecular complexity index is 1360. The predicted octanol–water partition coefficient (Wildman–Crippen LogP) is 4.05. The van der Waals surface area contributed by atoms with Crippen LogP contribution in [0.4, 0.5) is 10.6 Å². The Morgan fingerprint density at radius 3 is 1.87 bits per heavy atom. The lowest BCUT2D eigenvalue weighted by atomic mass is 9.90. The quantitative estimate of drug-likeness (QED) is 0.212. The zero-order chi connectivity index (χ0) is 27.6. The maximum absolute atomic E-state index is 13.7. The van der Waals surface area contributed by atoms with Crippen molar-refractivity contribution in [2.24, 2.45) is 0 Å². The summed E-state index contributed by atoms with van der Waals surface area (Å²) in [4.78, 5) is 42.0. The molecular weight excluding hydrogens is 496 g/mol. The van der Waals surface area contributed by atoms with Gasteiger partial charge in [-0.2, -0.15) is 0 Å².